The van der Waals surface area contributed by atoms with Crippen molar-refractivity contribution >= 4 is 22.8 Å². The number of hydrogen-bond acceptors (Lipinski definition) is 5. The van der Waals surface area contributed by atoms with Gasteiger partial charge in [0.25, 0.3) is 5.91 Å². The van der Waals surface area contributed by atoms with Gasteiger partial charge in [0.15, 0.2) is 13.2 Å². The molecule has 0 fully saturated rings. The van der Waals surface area contributed by atoms with Gasteiger partial charge in [0, 0.05) is 23.6 Å². The maximum atomic E-state index is 11.8. The molecule has 28 heavy (non-hydrogen) atoms. The first kappa shape index (κ1) is 19.0. The number of rotatable bonds is 8. The minimum absolute atomic E-state index is 0.311. The molecule has 1 aromatic heterocycles. The smallest absolute Gasteiger partial charge is 0.344 e. The zero-order chi connectivity index (χ0) is 19.8. The van der Waals surface area contributed by atoms with Crippen molar-refractivity contribution in [1.82, 2.24) is 10.3 Å². The fourth-order valence-corrected chi connectivity index (χ4v) is 2.68. The Morgan fingerprint density at radius 1 is 1.07 bits per heavy atom. The van der Waals surface area contributed by atoms with Gasteiger partial charge >= 0.3 is 5.97 Å². The van der Waals surface area contributed by atoms with Crippen LogP contribution in [0, 0.1) is 11.3 Å². The molecule has 1 amide bonds. The fraction of sp³-hybridized carbons (Fsp3) is 0.190. The molecule has 0 bridgehead atoms. The summed E-state index contributed by atoms with van der Waals surface area (Å²) in [5, 5.41) is 12.6. The monoisotopic (exact) mass is 377 g/mol. The first-order valence-corrected chi connectivity index (χ1v) is 8.76. The average molecular weight is 377 g/mol. The maximum absolute atomic E-state index is 11.8. The number of benzene rings is 2. The van der Waals surface area contributed by atoms with Crippen LogP contribution >= 0.6 is 0 Å². The Morgan fingerprint density at radius 2 is 1.86 bits per heavy atom. The van der Waals surface area contributed by atoms with Crippen molar-refractivity contribution in [2.45, 2.75) is 6.42 Å². The van der Waals surface area contributed by atoms with Crippen LogP contribution in [0.2, 0.25) is 0 Å². The third kappa shape index (κ3) is 5.11. The van der Waals surface area contributed by atoms with Gasteiger partial charge in [-0.05, 0) is 42.3 Å². The SMILES string of the molecule is N#Cc1ccc(OCC(=O)OCC(=O)NCCc2c[nH]c3ccccc23)cc1. The van der Waals surface area contributed by atoms with Crippen molar-refractivity contribution in [3.8, 4) is 11.8 Å². The number of ether oxygens (including phenoxy) is 2. The topological polar surface area (TPSA) is 104 Å². The third-order valence-electron chi connectivity index (χ3n) is 4.10. The Morgan fingerprint density at radius 3 is 2.64 bits per heavy atom. The zero-order valence-corrected chi connectivity index (χ0v) is 15.1. The van der Waals surface area contributed by atoms with Crippen molar-refractivity contribution < 1.29 is 19.1 Å². The molecule has 0 saturated heterocycles. The van der Waals surface area contributed by atoms with Crippen LogP contribution in [0.15, 0.2) is 54.7 Å². The number of esters is 1. The van der Waals surface area contributed by atoms with Crippen LogP contribution in [0.3, 0.4) is 0 Å². The summed E-state index contributed by atoms with van der Waals surface area (Å²) in [6.45, 7) is -0.224. The van der Waals surface area contributed by atoms with E-state index in [2.05, 4.69) is 10.3 Å². The Balaban J connectivity index is 1.34. The lowest BCUT2D eigenvalue weighted by molar-refractivity contribution is -0.150. The quantitative estimate of drug-likeness (QED) is 0.586. The number of nitriles is 1. The number of carbonyl (C=O) groups is 2. The molecule has 0 aliphatic heterocycles. The molecule has 7 nitrogen and oxygen atoms in total. The van der Waals surface area contributed by atoms with Crippen molar-refractivity contribution in [2.24, 2.45) is 0 Å². The van der Waals surface area contributed by atoms with Crippen molar-refractivity contribution in [3.63, 3.8) is 0 Å². The van der Waals surface area contributed by atoms with Gasteiger partial charge in [-0.1, -0.05) is 18.2 Å². The second-order valence-electron chi connectivity index (χ2n) is 6.04. The number of para-hydroxylation sites is 1. The highest BCUT2D eigenvalue weighted by molar-refractivity contribution is 5.83. The summed E-state index contributed by atoms with van der Waals surface area (Å²) in [6.07, 6.45) is 2.60. The van der Waals surface area contributed by atoms with E-state index in [1.54, 1.807) is 24.3 Å². The predicted octanol–water partition coefficient (Wildman–Crippen LogP) is 2.32. The van der Waals surface area contributed by atoms with Gasteiger partial charge in [-0.15, -0.1) is 0 Å². The molecule has 1 heterocycles. The van der Waals surface area contributed by atoms with E-state index in [1.165, 1.54) is 0 Å². The molecule has 3 rings (SSSR count). The molecule has 0 saturated carbocycles. The molecule has 0 spiro atoms. The largest absolute Gasteiger partial charge is 0.482 e. The minimum Gasteiger partial charge on any atom is -0.482 e. The summed E-state index contributed by atoms with van der Waals surface area (Å²) in [5.74, 6) is -0.568. The van der Waals surface area contributed by atoms with Gasteiger partial charge in [0.05, 0.1) is 11.6 Å². The third-order valence-corrected chi connectivity index (χ3v) is 4.10. The maximum Gasteiger partial charge on any atom is 0.344 e. The van der Waals surface area contributed by atoms with Crippen LogP contribution in [0.4, 0.5) is 0 Å². The van der Waals surface area contributed by atoms with Crippen molar-refractivity contribution in [1.29, 1.82) is 5.26 Å². The second kappa shape index (κ2) is 9.24. The Labute approximate surface area is 161 Å². The summed E-state index contributed by atoms with van der Waals surface area (Å²) < 4.78 is 10.1. The van der Waals surface area contributed by atoms with E-state index in [1.807, 2.05) is 36.5 Å². The first-order valence-electron chi connectivity index (χ1n) is 8.76. The Hall–Kier alpha value is -3.79. The van der Waals surface area contributed by atoms with E-state index < -0.39 is 5.97 Å². The number of hydrogen-bond donors (Lipinski definition) is 2. The van der Waals surface area contributed by atoms with Gasteiger partial charge in [-0.25, -0.2) is 4.79 Å². The lowest BCUT2D eigenvalue weighted by Crippen LogP contribution is -2.31. The molecule has 2 N–H and O–H groups in total. The summed E-state index contributed by atoms with van der Waals surface area (Å²) in [5.41, 5.74) is 2.67. The average Bonchev–Trinajstić information content (AvgIpc) is 3.14. The van der Waals surface area contributed by atoms with E-state index in [0.29, 0.717) is 24.3 Å². The highest BCUT2D eigenvalue weighted by Gasteiger charge is 2.09. The first-order chi connectivity index (χ1) is 13.7. The number of H-pyrrole nitrogens is 1. The van der Waals surface area contributed by atoms with Crippen LogP contribution in [-0.4, -0.2) is 36.6 Å². The number of fused-ring (bicyclic) bond motifs is 1. The molecular formula is C21H19N3O4. The molecule has 0 radical (unpaired) electrons. The van der Waals surface area contributed by atoms with Crippen LogP contribution in [0.25, 0.3) is 10.9 Å². The number of nitrogens with zero attached hydrogens (tertiary/aromatic N) is 1. The van der Waals surface area contributed by atoms with E-state index in [4.69, 9.17) is 14.7 Å². The number of nitrogens with one attached hydrogen (secondary N) is 2. The predicted molar refractivity (Wildman–Crippen MR) is 103 cm³/mol. The summed E-state index contributed by atoms with van der Waals surface area (Å²) in [4.78, 5) is 26.7. The molecule has 7 heteroatoms. The molecule has 2 aromatic carbocycles. The fourth-order valence-electron chi connectivity index (χ4n) is 2.68. The van der Waals surface area contributed by atoms with E-state index in [0.717, 1.165) is 16.5 Å². The summed E-state index contributed by atoms with van der Waals surface area (Å²) >= 11 is 0. The Kier molecular flexibility index (Phi) is 6.26. The lowest BCUT2D eigenvalue weighted by Gasteiger charge is -2.08. The van der Waals surface area contributed by atoms with Gasteiger partial charge in [-0.3, -0.25) is 4.79 Å². The van der Waals surface area contributed by atoms with E-state index in [9.17, 15) is 9.59 Å². The highest BCUT2D eigenvalue weighted by atomic mass is 16.6. The molecule has 142 valence electrons. The van der Waals surface area contributed by atoms with Crippen molar-refractivity contribution in [2.75, 3.05) is 19.8 Å². The highest BCUT2D eigenvalue weighted by Crippen LogP contribution is 2.17. The number of aromatic amines is 1. The number of aromatic nitrogens is 1. The van der Waals surface area contributed by atoms with Gasteiger partial charge < -0.3 is 19.8 Å². The molecule has 0 aliphatic rings. The van der Waals surface area contributed by atoms with Crippen LogP contribution in [0.5, 0.6) is 5.75 Å². The minimum atomic E-state index is -0.642. The van der Waals surface area contributed by atoms with Crippen LogP contribution in [-0.2, 0) is 20.7 Å². The van der Waals surface area contributed by atoms with Gasteiger partial charge in [0.1, 0.15) is 5.75 Å². The van der Waals surface area contributed by atoms with Gasteiger partial charge in [0.2, 0.25) is 0 Å². The number of carbonyl (C=O) groups excluding carboxylic acids is 2. The lowest BCUT2D eigenvalue weighted by atomic mass is 10.1. The molecule has 0 aliphatic carbocycles. The van der Waals surface area contributed by atoms with Crippen molar-refractivity contribution in [3.05, 3.63) is 65.9 Å². The van der Waals surface area contributed by atoms with Gasteiger partial charge in [-0.2, -0.15) is 5.26 Å². The number of amides is 1. The molecule has 3 aromatic rings. The zero-order valence-electron chi connectivity index (χ0n) is 15.1. The molecular weight excluding hydrogens is 358 g/mol. The van der Waals surface area contributed by atoms with Crippen LogP contribution in [0.1, 0.15) is 11.1 Å². The summed E-state index contributed by atoms with van der Waals surface area (Å²) in [7, 11) is 0. The second-order valence-corrected chi connectivity index (χ2v) is 6.04. The standard InChI is InChI=1S/C21H19N3O4/c22-11-15-5-7-17(8-6-15)27-14-21(26)28-13-20(25)23-10-9-16-12-24-19-4-2-1-3-18(16)19/h1-8,12,24H,9-10,13-14H2,(H,23,25). The molecule has 0 unspecified atom stereocenters. The normalized spacial score (nSPS) is 10.2. The van der Waals surface area contributed by atoms with E-state index >= 15 is 0 Å². The van der Waals surface area contributed by atoms with Crippen LogP contribution < -0.4 is 10.1 Å². The Bertz CT molecular complexity index is 1000. The van der Waals surface area contributed by atoms with E-state index in [-0.39, 0.29) is 19.1 Å². The molecule has 0 atom stereocenters. The summed E-state index contributed by atoms with van der Waals surface area (Å²) in [6, 6.07) is 16.3.